The van der Waals surface area contributed by atoms with Crippen LogP contribution < -0.4 is 5.73 Å². The lowest BCUT2D eigenvalue weighted by Crippen LogP contribution is -2.40. The van der Waals surface area contributed by atoms with Crippen molar-refractivity contribution in [1.29, 1.82) is 0 Å². The van der Waals surface area contributed by atoms with E-state index in [0.29, 0.717) is 35.0 Å². The number of nitrogens with zero attached hydrogens (tertiary/aromatic N) is 4. The normalized spacial score (nSPS) is 17.4. The Morgan fingerprint density at radius 1 is 1.42 bits per heavy atom. The van der Waals surface area contributed by atoms with Gasteiger partial charge >= 0.3 is 0 Å². The minimum atomic E-state index is -0.404. The predicted molar refractivity (Wildman–Crippen MR) is 97.2 cm³/mol. The number of amides is 2. The third-order valence-corrected chi connectivity index (χ3v) is 5.33. The van der Waals surface area contributed by atoms with Gasteiger partial charge in [0, 0.05) is 26.1 Å². The zero-order chi connectivity index (χ0) is 18.5. The molecule has 1 aliphatic heterocycles. The lowest BCUT2D eigenvalue weighted by Gasteiger charge is -2.30. The van der Waals surface area contributed by atoms with E-state index in [-0.39, 0.29) is 12.3 Å². The zero-order valence-corrected chi connectivity index (χ0v) is 15.6. The molecule has 8 nitrogen and oxygen atoms in total. The van der Waals surface area contributed by atoms with Gasteiger partial charge in [-0.25, -0.2) is 0 Å². The van der Waals surface area contributed by atoms with Crippen LogP contribution in [-0.4, -0.2) is 50.3 Å². The van der Waals surface area contributed by atoms with Crippen LogP contribution in [0.3, 0.4) is 0 Å². The third kappa shape index (κ3) is 4.46. The molecule has 0 saturated carbocycles. The predicted octanol–water partition coefficient (Wildman–Crippen LogP) is 1.76. The fourth-order valence-electron chi connectivity index (χ4n) is 3.04. The third-order valence-electron chi connectivity index (χ3n) is 4.37. The van der Waals surface area contributed by atoms with Crippen molar-refractivity contribution in [2.45, 2.75) is 37.9 Å². The molecule has 2 aromatic rings. The molecule has 3 rings (SSSR count). The van der Waals surface area contributed by atoms with Crippen LogP contribution in [-0.2, 0) is 16.1 Å². The van der Waals surface area contributed by atoms with Gasteiger partial charge in [0.2, 0.25) is 11.8 Å². The number of aromatic nitrogens is 3. The molecule has 0 spiro atoms. The zero-order valence-electron chi connectivity index (χ0n) is 14.8. The maximum atomic E-state index is 12.5. The van der Waals surface area contributed by atoms with Gasteiger partial charge in [-0.15, -0.1) is 10.2 Å². The van der Waals surface area contributed by atoms with E-state index in [0.717, 1.165) is 19.5 Å². The van der Waals surface area contributed by atoms with Crippen molar-refractivity contribution >= 4 is 23.6 Å². The summed E-state index contributed by atoms with van der Waals surface area (Å²) in [4.78, 5) is 25.6. The van der Waals surface area contributed by atoms with Gasteiger partial charge in [-0.3, -0.25) is 14.2 Å². The van der Waals surface area contributed by atoms with Crippen molar-refractivity contribution in [3.8, 4) is 11.6 Å². The highest BCUT2D eigenvalue weighted by atomic mass is 32.2. The van der Waals surface area contributed by atoms with Crippen LogP contribution in [0.1, 0.15) is 26.2 Å². The summed E-state index contributed by atoms with van der Waals surface area (Å²) in [5.74, 6) is 1.62. The van der Waals surface area contributed by atoms with Gasteiger partial charge in [0.05, 0.1) is 12.0 Å². The van der Waals surface area contributed by atoms with Gasteiger partial charge in [-0.2, -0.15) is 0 Å². The first-order valence-corrected chi connectivity index (χ1v) is 9.69. The van der Waals surface area contributed by atoms with Crippen LogP contribution in [0.25, 0.3) is 11.6 Å². The fraction of sp³-hybridized carbons (Fsp3) is 0.529. The van der Waals surface area contributed by atoms with E-state index in [1.54, 1.807) is 23.0 Å². The fourth-order valence-corrected chi connectivity index (χ4v) is 3.91. The first-order valence-electron chi connectivity index (χ1n) is 8.70. The summed E-state index contributed by atoms with van der Waals surface area (Å²) in [6.07, 6.45) is 3.94. The van der Waals surface area contributed by atoms with Gasteiger partial charge in [0.15, 0.2) is 16.7 Å². The molecular formula is C17H23N5O3S. The average molecular weight is 377 g/mol. The van der Waals surface area contributed by atoms with E-state index in [9.17, 15) is 9.59 Å². The van der Waals surface area contributed by atoms with Gasteiger partial charge in [-0.1, -0.05) is 18.7 Å². The van der Waals surface area contributed by atoms with Gasteiger partial charge in [-0.05, 0) is 30.9 Å². The highest BCUT2D eigenvalue weighted by molar-refractivity contribution is 7.99. The number of furan rings is 1. The van der Waals surface area contributed by atoms with Gasteiger partial charge in [0.1, 0.15) is 0 Å². The van der Waals surface area contributed by atoms with Crippen molar-refractivity contribution in [2.75, 3.05) is 18.8 Å². The number of piperidine rings is 1. The number of thioether (sulfide) groups is 1. The lowest BCUT2D eigenvalue weighted by atomic mass is 10.0. The second kappa shape index (κ2) is 8.39. The smallest absolute Gasteiger partial charge is 0.233 e. The molecule has 1 atom stereocenters. The molecule has 1 saturated heterocycles. The number of carbonyl (C=O) groups is 2. The Balaban J connectivity index is 1.70. The highest BCUT2D eigenvalue weighted by Crippen LogP contribution is 2.25. The molecule has 1 fully saturated rings. The summed E-state index contributed by atoms with van der Waals surface area (Å²) in [7, 11) is 0. The summed E-state index contributed by atoms with van der Waals surface area (Å²) in [5.41, 5.74) is 5.28. The van der Waals surface area contributed by atoms with E-state index in [1.165, 1.54) is 18.2 Å². The Labute approximate surface area is 156 Å². The molecule has 9 heteroatoms. The van der Waals surface area contributed by atoms with E-state index in [4.69, 9.17) is 10.2 Å². The molecule has 140 valence electrons. The minimum Gasteiger partial charge on any atom is -0.461 e. The number of nitrogens with two attached hydrogens (primary N) is 1. The van der Waals surface area contributed by atoms with Crippen molar-refractivity contribution in [2.24, 2.45) is 11.7 Å². The molecule has 0 radical (unpaired) electrons. The van der Waals surface area contributed by atoms with Crippen LogP contribution in [0.4, 0.5) is 0 Å². The van der Waals surface area contributed by atoms with Crippen molar-refractivity contribution in [3.05, 3.63) is 18.4 Å². The number of carbonyl (C=O) groups excluding carboxylic acids is 2. The molecule has 1 unspecified atom stereocenters. The minimum absolute atomic E-state index is 0.102. The SMILES string of the molecule is CC1CCCN(C(=O)CSc2nnc(-c3ccco3)n2CCC(N)=O)C1. The summed E-state index contributed by atoms with van der Waals surface area (Å²) in [5, 5.41) is 8.92. The molecule has 0 aromatic carbocycles. The van der Waals surface area contributed by atoms with E-state index >= 15 is 0 Å². The number of hydrogen-bond acceptors (Lipinski definition) is 6. The molecule has 2 amide bonds. The molecule has 2 N–H and O–H groups in total. The van der Waals surface area contributed by atoms with Crippen LogP contribution in [0.2, 0.25) is 0 Å². The highest BCUT2D eigenvalue weighted by Gasteiger charge is 2.23. The maximum absolute atomic E-state index is 12.5. The van der Waals surface area contributed by atoms with Crippen LogP contribution in [0.15, 0.2) is 28.0 Å². The van der Waals surface area contributed by atoms with E-state index in [1.807, 2.05) is 4.90 Å². The van der Waals surface area contributed by atoms with Crippen molar-refractivity contribution < 1.29 is 14.0 Å². The molecule has 26 heavy (non-hydrogen) atoms. The first-order chi connectivity index (χ1) is 12.5. The topological polar surface area (TPSA) is 107 Å². The van der Waals surface area contributed by atoms with Crippen LogP contribution in [0, 0.1) is 5.92 Å². The van der Waals surface area contributed by atoms with Gasteiger partial charge < -0.3 is 15.1 Å². The Morgan fingerprint density at radius 3 is 2.96 bits per heavy atom. The number of likely N-dealkylation sites (tertiary alicyclic amines) is 1. The molecular weight excluding hydrogens is 354 g/mol. The standard InChI is InChI=1S/C17H23N5O3S/c1-12-4-2-7-21(10-12)15(24)11-26-17-20-19-16(13-5-3-9-25-13)22(17)8-6-14(18)23/h3,5,9,12H,2,4,6-8,10-11H2,1H3,(H2,18,23). The molecule has 1 aliphatic rings. The summed E-state index contributed by atoms with van der Waals surface area (Å²) < 4.78 is 7.17. The molecule has 0 bridgehead atoms. The number of primary amides is 1. The van der Waals surface area contributed by atoms with Crippen molar-refractivity contribution in [3.63, 3.8) is 0 Å². The largest absolute Gasteiger partial charge is 0.461 e. The molecule has 2 aromatic heterocycles. The van der Waals surface area contributed by atoms with Crippen LogP contribution >= 0.6 is 11.8 Å². The summed E-state index contributed by atoms with van der Waals surface area (Å²) in [6.45, 7) is 4.14. The summed E-state index contributed by atoms with van der Waals surface area (Å²) >= 11 is 1.32. The second-order valence-corrected chi connectivity index (χ2v) is 7.47. The van der Waals surface area contributed by atoms with E-state index in [2.05, 4.69) is 17.1 Å². The molecule has 3 heterocycles. The Hall–Kier alpha value is -2.29. The Morgan fingerprint density at radius 2 is 2.27 bits per heavy atom. The average Bonchev–Trinajstić information content (AvgIpc) is 3.27. The van der Waals surface area contributed by atoms with Crippen molar-refractivity contribution in [1.82, 2.24) is 19.7 Å². The lowest BCUT2D eigenvalue weighted by molar-refractivity contribution is -0.130. The monoisotopic (exact) mass is 377 g/mol. The van der Waals surface area contributed by atoms with Gasteiger partial charge in [0.25, 0.3) is 0 Å². The second-order valence-electron chi connectivity index (χ2n) is 6.53. The Bertz CT molecular complexity index is 759. The molecule has 0 aliphatic carbocycles. The summed E-state index contributed by atoms with van der Waals surface area (Å²) in [6, 6.07) is 3.54. The first kappa shape index (κ1) is 18.5. The number of rotatable bonds is 7. The Kier molecular flexibility index (Phi) is 5.97. The quantitative estimate of drug-likeness (QED) is 0.737. The van der Waals surface area contributed by atoms with E-state index < -0.39 is 5.91 Å². The number of hydrogen-bond donors (Lipinski definition) is 1. The maximum Gasteiger partial charge on any atom is 0.233 e. The van der Waals surface area contributed by atoms with Crippen LogP contribution in [0.5, 0.6) is 0 Å².